The molecule has 96 valence electrons. The van der Waals surface area contributed by atoms with Crippen LogP contribution in [0.15, 0.2) is 46.1 Å². The zero-order valence-corrected chi connectivity index (χ0v) is 11.1. The maximum absolute atomic E-state index is 11.3. The molecule has 0 saturated carbocycles. The molecule has 1 unspecified atom stereocenters. The van der Waals surface area contributed by atoms with Crippen LogP contribution in [0.5, 0.6) is 5.75 Å². The van der Waals surface area contributed by atoms with Crippen LogP contribution in [0.3, 0.4) is 0 Å². The molecule has 5 nitrogen and oxygen atoms in total. The summed E-state index contributed by atoms with van der Waals surface area (Å²) in [6.07, 6.45) is 4.20. The van der Waals surface area contributed by atoms with Crippen molar-refractivity contribution in [2.45, 2.75) is 10.4 Å². The van der Waals surface area contributed by atoms with E-state index in [0.29, 0.717) is 11.6 Å². The molecule has 0 radical (unpaired) electrons. The van der Waals surface area contributed by atoms with E-state index in [4.69, 9.17) is 16.3 Å². The van der Waals surface area contributed by atoms with Crippen molar-refractivity contribution in [3.05, 3.63) is 36.2 Å². The van der Waals surface area contributed by atoms with Crippen LogP contribution in [0.1, 0.15) is 0 Å². The average Bonchev–Trinajstić information content (AvgIpc) is 2.28. The van der Waals surface area contributed by atoms with Crippen LogP contribution in [0.4, 0.5) is 0 Å². The van der Waals surface area contributed by atoms with Gasteiger partial charge >= 0.3 is 0 Å². The summed E-state index contributed by atoms with van der Waals surface area (Å²) in [7, 11) is -3.19. The molecule has 1 N–H and O–H groups in total. The third kappa shape index (κ3) is 3.24. The summed E-state index contributed by atoms with van der Waals surface area (Å²) in [4.78, 5) is 4.11. The first kappa shape index (κ1) is 12.9. The summed E-state index contributed by atoms with van der Waals surface area (Å²) in [6.45, 7) is 0. The van der Waals surface area contributed by atoms with Crippen molar-refractivity contribution >= 4 is 27.8 Å². The van der Waals surface area contributed by atoms with E-state index in [9.17, 15) is 8.42 Å². The van der Waals surface area contributed by atoms with Gasteiger partial charge in [-0.2, -0.15) is 0 Å². The van der Waals surface area contributed by atoms with E-state index in [1.54, 1.807) is 18.2 Å². The van der Waals surface area contributed by atoms with Crippen molar-refractivity contribution < 1.29 is 13.2 Å². The predicted molar refractivity (Wildman–Crippen MR) is 69.5 cm³/mol. The van der Waals surface area contributed by atoms with Gasteiger partial charge in [-0.15, -0.1) is 0 Å². The summed E-state index contributed by atoms with van der Waals surface area (Å²) >= 11 is 5.79. The van der Waals surface area contributed by atoms with Gasteiger partial charge in [-0.25, -0.2) is 8.42 Å². The standard InChI is InChI=1S/C11H11ClN2O3S/c1-18(15,16)9-4-2-8(3-5-9)17-11-6-10(12)13-7-14-11/h2-7,10H,1H3,(H,13,14). The number of hydrogen-bond donors (Lipinski definition) is 1. The molecule has 1 atom stereocenters. The number of rotatable bonds is 3. The summed E-state index contributed by atoms with van der Waals surface area (Å²) in [5.74, 6) is 0.970. The SMILES string of the molecule is CS(=O)(=O)c1ccc(OC2=CC(Cl)N=CN2)cc1. The molecule has 18 heavy (non-hydrogen) atoms. The van der Waals surface area contributed by atoms with Crippen molar-refractivity contribution in [2.75, 3.05) is 6.26 Å². The summed E-state index contributed by atoms with van der Waals surface area (Å²) in [6, 6.07) is 6.13. The van der Waals surface area contributed by atoms with Crippen molar-refractivity contribution in [2.24, 2.45) is 4.99 Å². The van der Waals surface area contributed by atoms with Gasteiger partial charge in [-0.05, 0) is 24.3 Å². The number of benzene rings is 1. The van der Waals surface area contributed by atoms with Crippen molar-refractivity contribution in [1.82, 2.24) is 5.32 Å². The van der Waals surface area contributed by atoms with Crippen LogP contribution in [-0.4, -0.2) is 26.5 Å². The quantitative estimate of drug-likeness (QED) is 0.675. The molecular weight excluding hydrogens is 276 g/mol. The summed E-state index contributed by atoms with van der Waals surface area (Å²) in [5.41, 5.74) is -0.462. The first-order chi connectivity index (χ1) is 8.45. The lowest BCUT2D eigenvalue weighted by Crippen LogP contribution is -2.21. The van der Waals surface area contributed by atoms with Gasteiger partial charge in [0.2, 0.25) is 0 Å². The highest BCUT2D eigenvalue weighted by atomic mass is 35.5. The van der Waals surface area contributed by atoms with Crippen molar-refractivity contribution in [3.8, 4) is 5.75 Å². The number of hydrogen-bond acceptors (Lipinski definition) is 5. The van der Waals surface area contributed by atoms with Gasteiger partial charge in [0.15, 0.2) is 15.7 Å². The molecule has 0 amide bonds. The third-order valence-electron chi connectivity index (χ3n) is 2.19. The number of halogens is 1. The van der Waals surface area contributed by atoms with Gasteiger partial charge in [0.1, 0.15) is 11.3 Å². The molecule has 0 saturated heterocycles. The van der Waals surface area contributed by atoms with E-state index in [1.807, 2.05) is 0 Å². The average molecular weight is 287 g/mol. The maximum Gasteiger partial charge on any atom is 0.197 e. The number of alkyl halides is 1. The summed E-state index contributed by atoms with van der Waals surface area (Å²) in [5, 5.41) is 2.79. The van der Waals surface area contributed by atoms with Gasteiger partial charge < -0.3 is 10.1 Å². The Labute approximate surface area is 110 Å². The third-order valence-corrected chi connectivity index (χ3v) is 3.56. The van der Waals surface area contributed by atoms with Crippen molar-refractivity contribution in [1.29, 1.82) is 0 Å². The van der Waals surface area contributed by atoms with Crippen molar-refractivity contribution in [3.63, 3.8) is 0 Å². The molecule has 0 fully saturated rings. The minimum Gasteiger partial charge on any atom is -0.441 e. The minimum absolute atomic E-state index is 0.247. The first-order valence-electron chi connectivity index (χ1n) is 5.07. The Morgan fingerprint density at radius 3 is 2.56 bits per heavy atom. The fourth-order valence-electron chi connectivity index (χ4n) is 1.33. The number of sulfone groups is 1. The molecule has 1 aromatic carbocycles. The van der Waals surface area contributed by atoms with Crippen LogP contribution in [0.25, 0.3) is 0 Å². The molecule has 1 aliphatic heterocycles. The number of nitrogens with zero attached hydrogens (tertiary/aromatic N) is 1. The first-order valence-corrected chi connectivity index (χ1v) is 7.40. The van der Waals surface area contributed by atoms with E-state index in [1.165, 1.54) is 18.5 Å². The summed E-state index contributed by atoms with van der Waals surface area (Å²) < 4.78 is 28.0. The fourth-order valence-corrected chi connectivity index (χ4v) is 2.13. The van der Waals surface area contributed by atoms with Crippen LogP contribution < -0.4 is 10.1 Å². The lowest BCUT2D eigenvalue weighted by atomic mass is 10.3. The molecule has 1 aromatic rings. The van der Waals surface area contributed by atoms with E-state index in [2.05, 4.69) is 10.3 Å². The second kappa shape index (κ2) is 4.99. The number of ether oxygens (including phenoxy) is 1. The Hall–Kier alpha value is -1.53. The van der Waals surface area contributed by atoms with E-state index >= 15 is 0 Å². The fraction of sp³-hybridized carbons (Fsp3) is 0.182. The van der Waals surface area contributed by atoms with Crippen LogP contribution >= 0.6 is 11.6 Å². The molecule has 2 rings (SSSR count). The predicted octanol–water partition coefficient (Wildman–Crippen LogP) is 1.51. The molecule has 1 heterocycles. The number of aliphatic imine (C=N–C) groups is 1. The lowest BCUT2D eigenvalue weighted by Gasteiger charge is -2.13. The highest BCUT2D eigenvalue weighted by molar-refractivity contribution is 7.90. The molecule has 7 heteroatoms. The lowest BCUT2D eigenvalue weighted by molar-refractivity contribution is 0.399. The molecule has 0 spiro atoms. The van der Waals surface area contributed by atoms with Crippen LogP contribution in [0.2, 0.25) is 0 Å². The van der Waals surface area contributed by atoms with Crippen LogP contribution in [-0.2, 0) is 9.84 Å². The molecular formula is C11H11ClN2O3S. The number of nitrogens with one attached hydrogen (secondary N) is 1. The van der Waals surface area contributed by atoms with Crippen LogP contribution in [0, 0.1) is 0 Å². The zero-order valence-electron chi connectivity index (χ0n) is 9.50. The Kier molecular flexibility index (Phi) is 3.58. The highest BCUT2D eigenvalue weighted by Crippen LogP contribution is 2.18. The zero-order chi connectivity index (χ0) is 13.2. The Bertz CT molecular complexity index is 593. The molecule has 0 aliphatic carbocycles. The van der Waals surface area contributed by atoms with E-state index < -0.39 is 15.3 Å². The largest absolute Gasteiger partial charge is 0.441 e. The van der Waals surface area contributed by atoms with Gasteiger partial charge in [0, 0.05) is 12.3 Å². The normalized spacial score (nSPS) is 19.0. The Balaban J connectivity index is 2.12. The second-order valence-electron chi connectivity index (χ2n) is 3.67. The maximum atomic E-state index is 11.3. The topological polar surface area (TPSA) is 67.8 Å². The molecule has 0 aromatic heterocycles. The second-order valence-corrected chi connectivity index (χ2v) is 6.13. The molecule has 1 aliphatic rings. The van der Waals surface area contributed by atoms with Gasteiger partial charge in [-0.3, -0.25) is 4.99 Å². The van der Waals surface area contributed by atoms with Gasteiger partial charge in [-0.1, -0.05) is 11.6 Å². The van der Waals surface area contributed by atoms with E-state index in [0.717, 1.165) is 6.26 Å². The van der Waals surface area contributed by atoms with Gasteiger partial charge in [0.25, 0.3) is 0 Å². The van der Waals surface area contributed by atoms with Gasteiger partial charge in [0.05, 0.1) is 11.2 Å². The minimum atomic E-state index is -3.19. The Morgan fingerprint density at radius 1 is 1.33 bits per heavy atom. The highest BCUT2D eigenvalue weighted by Gasteiger charge is 2.10. The van der Waals surface area contributed by atoms with E-state index in [-0.39, 0.29) is 4.90 Å². The monoisotopic (exact) mass is 286 g/mol. The Morgan fingerprint density at radius 2 is 2.00 bits per heavy atom. The smallest absolute Gasteiger partial charge is 0.197 e. The molecule has 0 bridgehead atoms.